The van der Waals surface area contributed by atoms with E-state index in [0.717, 1.165) is 29.6 Å². The van der Waals surface area contributed by atoms with Crippen LogP contribution in [0.2, 0.25) is 0 Å². The highest BCUT2D eigenvalue weighted by molar-refractivity contribution is 5.96. The van der Waals surface area contributed by atoms with Gasteiger partial charge in [-0.05, 0) is 44.0 Å². The van der Waals surface area contributed by atoms with Crippen LogP contribution in [0.1, 0.15) is 29.2 Å². The van der Waals surface area contributed by atoms with Gasteiger partial charge in [0.1, 0.15) is 11.4 Å². The summed E-state index contributed by atoms with van der Waals surface area (Å²) >= 11 is 0. The first-order valence-electron chi connectivity index (χ1n) is 10.9. The Labute approximate surface area is 190 Å². The molecule has 1 unspecified atom stereocenters. The number of carbonyl (C=O) groups excluding carboxylic acids is 2. The number of hydrogen-bond donors (Lipinski definition) is 3. The fourth-order valence-electron chi connectivity index (χ4n) is 4.04. The number of hydrogen-bond acceptors (Lipinski definition) is 5. The molecule has 0 aliphatic carbocycles. The number of para-hydroxylation sites is 1. The van der Waals surface area contributed by atoms with Crippen molar-refractivity contribution in [1.29, 1.82) is 0 Å². The van der Waals surface area contributed by atoms with Crippen LogP contribution in [0.5, 0.6) is 0 Å². The number of piperidine rings is 1. The molecule has 0 saturated carbocycles. The quantitative estimate of drug-likeness (QED) is 0.441. The lowest BCUT2D eigenvalue weighted by Crippen LogP contribution is -2.50. The van der Waals surface area contributed by atoms with E-state index in [1.54, 1.807) is 11.0 Å². The van der Waals surface area contributed by atoms with Gasteiger partial charge in [0.05, 0.1) is 0 Å². The van der Waals surface area contributed by atoms with Gasteiger partial charge in [0.25, 0.3) is 5.91 Å². The summed E-state index contributed by atoms with van der Waals surface area (Å²) in [4.78, 5) is 31.6. The Hall–Kier alpha value is -4.14. The number of benzene rings is 2. The molecule has 4 aromatic rings. The Bertz CT molecular complexity index is 1280. The molecular formula is C24H24N6O3. The molecule has 5 rings (SSSR count). The largest absolute Gasteiger partial charge is 0.451 e. The van der Waals surface area contributed by atoms with Gasteiger partial charge in [0.2, 0.25) is 0 Å². The van der Waals surface area contributed by atoms with Gasteiger partial charge < -0.3 is 20.0 Å². The van der Waals surface area contributed by atoms with Crippen molar-refractivity contribution in [3.8, 4) is 11.4 Å². The Morgan fingerprint density at radius 2 is 2.03 bits per heavy atom. The number of nitrogens with zero attached hydrogens (tertiary/aromatic N) is 3. The van der Waals surface area contributed by atoms with Crippen molar-refractivity contribution in [2.45, 2.75) is 25.8 Å². The first-order chi connectivity index (χ1) is 16.0. The van der Waals surface area contributed by atoms with Crippen molar-refractivity contribution >= 4 is 28.6 Å². The molecule has 2 aromatic carbocycles. The van der Waals surface area contributed by atoms with Gasteiger partial charge in [-0.2, -0.15) is 5.10 Å². The SMILES string of the molecule is Cc1nc(-c2cccc(NC(=O)N3CCCC(NC(=O)c4cc5ccccc5o4)C3)c2)n[nH]1. The van der Waals surface area contributed by atoms with Crippen LogP contribution in [0, 0.1) is 6.92 Å². The van der Waals surface area contributed by atoms with E-state index in [1.807, 2.05) is 55.5 Å². The summed E-state index contributed by atoms with van der Waals surface area (Å²) in [6, 6.07) is 16.3. The number of anilines is 1. The number of rotatable bonds is 4. The van der Waals surface area contributed by atoms with Crippen LogP contribution in [-0.2, 0) is 0 Å². The van der Waals surface area contributed by atoms with Gasteiger partial charge in [-0.1, -0.05) is 30.3 Å². The first kappa shape index (κ1) is 20.7. The van der Waals surface area contributed by atoms with Crippen LogP contribution in [0.25, 0.3) is 22.4 Å². The molecule has 9 heteroatoms. The highest BCUT2D eigenvalue weighted by atomic mass is 16.3. The van der Waals surface area contributed by atoms with Gasteiger partial charge in [-0.25, -0.2) is 9.78 Å². The maximum absolute atomic E-state index is 12.9. The Kier molecular flexibility index (Phi) is 5.52. The topological polar surface area (TPSA) is 116 Å². The summed E-state index contributed by atoms with van der Waals surface area (Å²) in [6.45, 7) is 2.89. The third-order valence-electron chi connectivity index (χ3n) is 5.66. The second-order valence-corrected chi connectivity index (χ2v) is 8.16. The standard InChI is InChI=1S/C24H24N6O3/c1-15-25-22(29-28-15)17-7-4-8-18(12-17)27-24(32)30-11-5-9-19(14-30)26-23(31)21-13-16-6-2-3-10-20(16)33-21/h2-4,6-8,10,12-13,19H,5,9,11,14H2,1H3,(H,26,31)(H,27,32)(H,25,28,29). The van der Waals surface area contributed by atoms with E-state index < -0.39 is 0 Å². The van der Waals surface area contributed by atoms with Crippen molar-refractivity contribution in [2.24, 2.45) is 0 Å². The second kappa shape index (κ2) is 8.78. The number of fused-ring (bicyclic) bond motifs is 1. The summed E-state index contributed by atoms with van der Waals surface area (Å²) < 4.78 is 5.66. The number of aryl methyl sites for hydroxylation is 1. The average molecular weight is 444 g/mol. The van der Waals surface area contributed by atoms with Gasteiger partial charge in [-0.3, -0.25) is 9.89 Å². The van der Waals surface area contributed by atoms with E-state index in [4.69, 9.17) is 4.42 Å². The fraction of sp³-hybridized carbons (Fsp3) is 0.250. The zero-order valence-electron chi connectivity index (χ0n) is 18.2. The number of nitrogens with one attached hydrogen (secondary N) is 3. The number of furan rings is 1. The van der Waals surface area contributed by atoms with Crippen molar-refractivity contribution < 1.29 is 14.0 Å². The molecule has 0 bridgehead atoms. The van der Waals surface area contributed by atoms with E-state index in [9.17, 15) is 9.59 Å². The summed E-state index contributed by atoms with van der Waals surface area (Å²) in [7, 11) is 0. The van der Waals surface area contributed by atoms with Crippen molar-refractivity contribution in [3.63, 3.8) is 0 Å². The summed E-state index contributed by atoms with van der Waals surface area (Å²) in [5, 5.41) is 13.8. The summed E-state index contributed by atoms with van der Waals surface area (Å²) in [6.07, 6.45) is 1.60. The maximum Gasteiger partial charge on any atom is 0.321 e. The molecule has 0 radical (unpaired) electrons. The number of aromatic amines is 1. The average Bonchev–Trinajstić information content (AvgIpc) is 3.46. The molecule has 2 aromatic heterocycles. The molecule has 9 nitrogen and oxygen atoms in total. The minimum absolute atomic E-state index is 0.146. The van der Waals surface area contributed by atoms with Crippen LogP contribution < -0.4 is 10.6 Å². The molecule has 3 heterocycles. The Morgan fingerprint density at radius 3 is 2.85 bits per heavy atom. The third-order valence-corrected chi connectivity index (χ3v) is 5.66. The van der Waals surface area contributed by atoms with Crippen LogP contribution in [-0.4, -0.2) is 51.2 Å². The van der Waals surface area contributed by atoms with Crippen LogP contribution in [0.4, 0.5) is 10.5 Å². The minimum atomic E-state index is -0.270. The van der Waals surface area contributed by atoms with E-state index in [2.05, 4.69) is 25.8 Å². The van der Waals surface area contributed by atoms with Crippen molar-refractivity contribution in [2.75, 3.05) is 18.4 Å². The third kappa shape index (κ3) is 4.57. The fourth-order valence-corrected chi connectivity index (χ4v) is 4.04. The lowest BCUT2D eigenvalue weighted by molar-refractivity contribution is 0.0887. The summed E-state index contributed by atoms with van der Waals surface area (Å²) in [5.41, 5.74) is 2.15. The Morgan fingerprint density at radius 1 is 1.15 bits per heavy atom. The Balaban J connectivity index is 1.21. The van der Waals surface area contributed by atoms with Crippen LogP contribution in [0.15, 0.2) is 59.0 Å². The number of aromatic nitrogens is 3. The molecule has 1 fully saturated rings. The van der Waals surface area contributed by atoms with E-state index in [1.165, 1.54) is 0 Å². The maximum atomic E-state index is 12.9. The number of carbonyl (C=O) groups is 2. The molecule has 1 saturated heterocycles. The van der Waals surface area contributed by atoms with Crippen molar-refractivity contribution in [1.82, 2.24) is 25.4 Å². The number of H-pyrrole nitrogens is 1. The number of urea groups is 1. The first-order valence-corrected chi connectivity index (χ1v) is 10.9. The smallest absolute Gasteiger partial charge is 0.321 e. The normalized spacial score (nSPS) is 16.0. The number of amides is 3. The van der Waals surface area contributed by atoms with Crippen molar-refractivity contribution in [3.05, 3.63) is 66.2 Å². The molecular weight excluding hydrogens is 420 g/mol. The second-order valence-electron chi connectivity index (χ2n) is 8.16. The molecule has 33 heavy (non-hydrogen) atoms. The highest BCUT2D eigenvalue weighted by Crippen LogP contribution is 2.21. The van der Waals surface area contributed by atoms with Gasteiger partial charge >= 0.3 is 6.03 Å². The molecule has 3 amide bonds. The zero-order valence-corrected chi connectivity index (χ0v) is 18.2. The molecule has 1 aliphatic rings. The van der Waals surface area contributed by atoms with Gasteiger partial charge in [0, 0.05) is 35.8 Å². The molecule has 3 N–H and O–H groups in total. The summed E-state index contributed by atoms with van der Waals surface area (Å²) in [5.74, 6) is 1.31. The lowest BCUT2D eigenvalue weighted by atomic mass is 10.1. The molecule has 168 valence electrons. The predicted molar refractivity (Wildman–Crippen MR) is 124 cm³/mol. The monoisotopic (exact) mass is 444 g/mol. The number of likely N-dealkylation sites (tertiary alicyclic amines) is 1. The highest BCUT2D eigenvalue weighted by Gasteiger charge is 2.26. The van der Waals surface area contributed by atoms with E-state index in [-0.39, 0.29) is 23.7 Å². The van der Waals surface area contributed by atoms with Crippen LogP contribution >= 0.6 is 0 Å². The lowest BCUT2D eigenvalue weighted by Gasteiger charge is -2.33. The van der Waals surface area contributed by atoms with Crippen LogP contribution in [0.3, 0.4) is 0 Å². The van der Waals surface area contributed by atoms with E-state index in [0.29, 0.717) is 30.2 Å². The molecule has 1 atom stereocenters. The van der Waals surface area contributed by atoms with Gasteiger partial charge in [-0.15, -0.1) is 0 Å². The molecule has 0 spiro atoms. The zero-order chi connectivity index (χ0) is 22.8. The molecule has 1 aliphatic heterocycles. The predicted octanol–water partition coefficient (Wildman–Crippen LogP) is 3.95. The van der Waals surface area contributed by atoms with E-state index >= 15 is 0 Å². The minimum Gasteiger partial charge on any atom is -0.451 e. The van der Waals surface area contributed by atoms with Gasteiger partial charge in [0.15, 0.2) is 11.6 Å².